The van der Waals surface area contributed by atoms with E-state index in [-0.39, 0.29) is 17.2 Å². The van der Waals surface area contributed by atoms with Crippen LogP contribution in [-0.4, -0.2) is 17.1 Å². The molecule has 126 valence electrons. The third-order valence-electron chi connectivity index (χ3n) is 4.38. The number of esters is 1. The third-order valence-corrected chi connectivity index (χ3v) is 5.16. The average molecular weight is 374 g/mol. The highest BCUT2D eigenvalue weighted by molar-refractivity contribution is 6.45. The van der Waals surface area contributed by atoms with Gasteiger partial charge in [0.2, 0.25) is 5.43 Å². The molecule has 0 bridgehead atoms. The molecule has 0 aliphatic carbocycles. The topological polar surface area (TPSA) is 48.3 Å². The summed E-state index contributed by atoms with van der Waals surface area (Å²) in [6, 6.07) is 9.33. The fraction of sp³-hybridized carbons (Fsp3) is 0.158. The molecular weight excluding hydrogens is 361 g/mol. The van der Waals surface area contributed by atoms with Crippen LogP contribution in [0.25, 0.3) is 22.0 Å². The fourth-order valence-electron chi connectivity index (χ4n) is 3.32. The monoisotopic (exact) mass is 373 g/mol. The minimum Gasteiger partial charge on any atom is -0.462 e. The molecule has 25 heavy (non-hydrogen) atoms. The van der Waals surface area contributed by atoms with E-state index in [0.717, 1.165) is 16.7 Å². The van der Waals surface area contributed by atoms with Crippen molar-refractivity contribution in [2.45, 2.75) is 13.5 Å². The first kappa shape index (κ1) is 16.2. The van der Waals surface area contributed by atoms with Gasteiger partial charge in [-0.25, -0.2) is 4.79 Å². The van der Waals surface area contributed by atoms with E-state index >= 15 is 0 Å². The minimum absolute atomic E-state index is 0.00179. The standard InChI is InChI=1S/C19H13Cl2NO3/c1-2-25-19(24)13-9-22-8-10-5-3-4-6-11(10)15-16(21)14(20)7-12(17(15)22)18(13)23/h3-7,9H,2,8H2,1H3. The van der Waals surface area contributed by atoms with Crippen LogP contribution in [0.2, 0.25) is 10.0 Å². The van der Waals surface area contributed by atoms with Crippen LogP contribution in [0.3, 0.4) is 0 Å². The van der Waals surface area contributed by atoms with Gasteiger partial charge < -0.3 is 9.30 Å². The molecule has 1 aliphatic heterocycles. The second-order valence-electron chi connectivity index (χ2n) is 5.82. The van der Waals surface area contributed by atoms with Gasteiger partial charge in [0.15, 0.2) is 0 Å². The Bertz CT molecular complexity index is 1100. The number of aromatic nitrogens is 1. The first-order chi connectivity index (χ1) is 12.0. The summed E-state index contributed by atoms with van der Waals surface area (Å²) in [5.74, 6) is -0.635. The van der Waals surface area contributed by atoms with Gasteiger partial charge >= 0.3 is 5.97 Å². The molecule has 4 nitrogen and oxygen atoms in total. The summed E-state index contributed by atoms with van der Waals surface area (Å²) in [6.07, 6.45) is 1.55. The smallest absolute Gasteiger partial charge is 0.343 e. The van der Waals surface area contributed by atoms with Gasteiger partial charge in [0.05, 0.1) is 22.2 Å². The summed E-state index contributed by atoms with van der Waals surface area (Å²) in [4.78, 5) is 25.0. The Hall–Kier alpha value is -2.30. The number of halogens is 2. The number of ether oxygens (including phenoxy) is 1. The second-order valence-corrected chi connectivity index (χ2v) is 6.61. The number of carbonyl (C=O) groups is 1. The highest BCUT2D eigenvalue weighted by atomic mass is 35.5. The molecule has 4 rings (SSSR count). The van der Waals surface area contributed by atoms with Crippen molar-refractivity contribution in [3.63, 3.8) is 0 Å². The van der Waals surface area contributed by atoms with E-state index in [4.69, 9.17) is 27.9 Å². The van der Waals surface area contributed by atoms with E-state index in [9.17, 15) is 9.59 Å². The highest BCUT2D eigenvalue weighted by Gasteiger charge is 2.26. The number of rotatable bonds is 2. The van der Waals surface area contributed by atoms with E-state index in [1.165, 1.54) is 6.07 Å². The van der Waals surface area contributed by atoms with E-state index < -0.39 is 11.4 Å². The van der Waals surface area contributed by atoms with Crippen molar-refractivity contribution >= 4 is 40.1 Å². The summed E-state index contributed by atoms with van der Waals surface area (Å²) in [7, 11) is 0. The van der Waals surface area contributed by atoms with E-state index in [1.54, 1.807) is 13.1 Å². The Morgan fingerprint density at radius 3 is 2.80 bits per heavy atom. The van der Waals surface area contributed by atoms with Crippen LogP contribution < -0.4 is 5.43 Å². The van der Waals surface area contributed by atoms with Crippen molar-refractivity contribution in [1.29, 1.82) is 0 Å². The van der Waals surface area contributed by atoms with E-state index in [0.29, 0.717) is 22.5 Å². The van der Waals surface area contributed by atoms with Crippen molar-refractivity contribution in [2.24, 2.45) is 0 Å². The van der Waals surface area contributed by atoms with Gasteiger partial charge in [-0.1, -0.05) is 47.5 Å². The van der Waals surface area contributed by atoms with Gasteiger partial charge in [0, 0.05) is 23.7 Å². The van der Waals surface area contributed by atoms with E-state index in [2.05, 4.69) is 0 Å². The van der Waals surface area contributed by atoms with Crippen LogP contribution >= 0.6 is 23.2 Å². The van der Waals surface area contributed by atoms with Gasteiger partial charge in [-0.2, -0.15) is 0 Å². The molecule has 1 aliphatic rings. The maximum absolute atomic E-state index is 12.8. The fourth-order valence-corrected chi connectivity index (χ4v) is 3.77. The molecule has 0 saturated carbocycles. The molecule has 0 amide bonds. The van der Waals surface area contributed by atoms with Crippen LogP contribution in [0.15, 0.2) is 41.3 Å². The maximum Gasteiger partial charge on any atom is 0.343 e. The Labute approximate surface area is 153 Å². The lowest BCUT2D eigenvalue weighted by atomic mass is 9.93. The Morgan fingerprint density at radius 2 is 2.04 bits per heavy atom. The van der Waals surface area contributed by atoms with Crippen LogP contribution in [0.5, 0.6) is 0 Å². The summed E-state index contributed by atoms with van der Waals surface area (Å²) in [5, 5.41) is 1.05. The lowest BCUT2D eigenvalue weighted by Crippen LogP contribution is -2.23. The van der Waals surface area contributed by atoms with Crippen molar-refractivity contribution in [3.8, 4) is 11.1 Å². The lowest BCUT2D eigenvalue weighted by molar-refractivity contribution is 0.0524. The van der Waals surface area contributed by atoms with Gasteiger partial charge in [0.1, 0.15) is 5.56 Å². The molecule has 0 radical (unpaired) electrons. The Morgan fingerprint density at radius 1 is 1.28 bits per heavy atom. The zero-order chi connectivity index (χ0) is 17.7. The third kappa shape index (κ3) is 2.36. The number of nitrogens with zero attached hydrogens (tertiary/aromatic N) is 1. The number of hydrogen-bond donors (Lipinski definition) is 0. The van der Waals surface area contributed by atoms with Crippen LogP contribution in [0, 0.1) is 0 Å². The van der Waals surface area contributed by atoms with E-state index in [1.807, 2.05) is 28.8 Å². The summed E-state index contributed by atoms with van der Waals surface area (Å²) >= 11 is 12.8. The minimum atomic E-state index is -0.635. The zero-order valence-corrected chi connectivity index (χ0v) is 14.8. The molecule has 0 saturated heterocycles. The molecule has 2 heterocycles. The predicted octanol–water partition coefficient (Wildman–Crippen LogP) is 4.51. The second kappa shape index (κ2) is 5.90. The zero-order valence-electron chi connectivity index (χ0n) is 13.3. The maximum atomic E-state index is 12.8. The molecule has 0 atom stereocenters. The van der Waals surface area contributed by atoms with Crippen molar-refractivity contribution in [2.75, 3.05) is 6.61 Å². The number of carbonyl (C=O) groups excluding carboxylic acids is 1. The van der Waals surface area contributed by atoms with Gasteiger partial charge in [-0.15, -0.1) is 0 Å². The molecule has 0 unspecified atom stereocenters. The van der Waals surface area contributed by atoms with Crippen molar-refractivity contribution in [3.05, 3.63) is 67.9 Å². The number of fused-ring (bicyclic) bond motifs is 2. The van der Waals surface area contributed by atoms with Crippen molar-refractivity contribution < 1.29 is 9.53 Å². The quantitative estimate of drug-likeness (QED) is 0.485. The molecule has 0 fully saturated rings. The van der Waals surface area contributed by atoms with Gasteiger partial charge in [-0.3, -0.25) is 4.79 Å². The van der Waals surface area contributed by atoms with Crippen molar-refractivity contribution in [1.82, 2.24) is 4.57 Å². The molecule has 3 aromatic rings. The summed E-state index contributed by atoms with van der Waals surface area (Å²) in [5.41, 5.74) is 2.99. The Balaban J connectivity index is 2.15. The summed E-state index contributed by atoms with van der Waals surface area (Å²) in [6.45, 7) is 2.43. The normalized spacial score (nSPS) is 12.1. The molecule has 0 N–H and O–H groups in total. The molecule has 2 aromatic carbocycles. The SMILES string of the molecule is CCOC(=O)c1cn2c3c(c(Cl)c(Cl)cc3c1=O)-c1ccccc1C2. The van der Waals surface area contributed by atoms with Crippen LogP contribution in [0.1, 0.15) is 22.8 Å². The first-order valence-corrected chi connectivity index (χ1v) is 8.59. The lowest BCUT2D eigenvalue weighted by Gasteiger charge is -2.24. The predicted molar refractivity (Wildman–Crippen MR) is 98.7 cm³/mol. The number of benzene rings is 2. The molecule has 0 spiro atoms. The summed E-state index contributed by atoms with van der Waals surface area (Å²) < 4.78 is 6.88. The Kier molecular flexibility index (Phi) is 3.82. The molecule has 1 aromatic heterocycles. The number of hydrogen-bond acceptors (Lipinski definition) is 3. The average Bonchev–Trinajstić information content (AvgIpc) is 2.60. The largest absolute Gasteiger partial charge is 0.462 e. The van der Waals surface area contributed by atoms with Crippen LogP contribution in [-0.2, 0) is 11.3 Å². The van der Waals surface area contributed by atoms with Crippen LogP contribution in [0.4, 0.5) is 0 Å². The number of pyridine rings is 1. The highest BCUT2D eigenvalue weighted by Crippen LogP contribution is 2.43. The van der Waals surface area contributed by atoms with Gasteiger partial charge in [0.25, 0.3) is 0 Å². The molecule has 6 heteroatoms. The van der Waals surface area contributed by atoms with Gasteiger partial charge in [-0.05, 0) is 24.1 Å². The molecular formula is C19H13Cl2NO3. The first-order valence-electron chi connectivity index (χ1n) is 7.83.